The predicted molar refractivity (Wildman–Crippen MR) is 71.6 cm³/mol. The van der Waals surface area contributed by atoms with Crippen molar-refractivity contribution in [3.63, 3.8) is 0 Å². The highest BCUT2D eigenvalue weighted by Crippen LogP contribution is 2.18. The zero-order valence-electron chi connectivity index (χ0n) is 9.53. The van der Waals surface area contributed by atoms with Crippen LogP contribution >= 0.6 is 24.0 Å². The summed E-state index contributed by atoms with van der Waals surface area (Å²) in [4.78, 5) is 13.3. The van der Waals surface area contributed by atoms with Gasteiger partial charge in [0.2, 0.25) is 0 Å². The van der Waals surface area contributed by atoms with Gasteiger partial charge in [-0.1, -0.05) is 30.6 Å². The SMILES string of the molecule is C=C(CSC(=S)N1CCCCC1)C(=O)OC. The third kappa shape index (κ3) is 4.14. The van der Waals surface area contributed by atoms with Crippen molar-refractivity contribution in [2.45, 2.75) is 19.3 Å². The van der Waals surface area contributed by atoms with Crippen LogP contribution in [0.25, 0.3) is 0 Å². The van der Waals surface area contributed by atoms with Gasteiger partial charge < -0.3 is 9.64 Å². The molecule has 0 radical (unpaired) electrons. The maximum absolute atomic E-state index is 11.1. The lowest BCUT2D eigenvalue weighted by Crippen LogP contribution is -2.33. The number of rotatable bonds is 3. The van der Waals surface area contributed by atoms with Crippen LogP contribution in [-0.4, -0.2) is 41.1 Å². The van der Waals surface area contributed by atoms with Gasteiger partial charge in [-0.2, -0.15) is 0 Å². The Bertz CT molecular complexity index is 286. The fourth-order valence-corrected chi connectivity index (χ4v) is 2.66. The van der Waals surface area contributed by atoms with Gasteiger partial charge in [0.05, 0.1) is 7.11 Å². The van der Waals surface area contributed by atoms with Crippen LogP contribution < -0.4 is 0 Å². The number of hydrogen-bond acceptors (Lipinski definition) is 4. The Balaban J connectivity index is 2.28. The molecule has 0 saturated carbocycles. The molecule has 1 heterocycles. The van der Waals surface area contributed by atoms with Crippen LogP contribution in [-0.2, 0) is 9.53 Å². The molecule has 90 valence electrons. The Morgan fingerprint density at radius 1 is 1.44 bits per heavy atom. The average molecular weight is 259 g/mol. The highest BCUT2D eigenvalue weighted by molar-refractivity contribution is 8.23. The molecular formula is C11H17NO2S2. The summed E-state index contributed by atoms with van der Waals surface area (Å²) in [6.07, 6.45) is 3.70. The molecule has 0 N–H and O–H groups in total. The number of esters is 1. The van der Waals surface area contributed by atoms with Crippen molar-refractivity contribution in [3.8, 4) is 0 Å². The topological polar surface area (TPSA) is 29.5 Å². The molecule has 3 nitrogen and oxygen atoms in total. The average Bonchev–Trinajstić information content (AvgIpc) is 2.35. The number of hydrogen-bond donors (Lipinski definition) is 0. The van der Waals surface area contributed by atoms with Gasteiger partial charge in [0.1, 0.15) is 4.32 Å². The van der Waals surface area contributed by atoms with E-state index in [0.717, 1.165) is 17.4 Å². The fraction of sp³-hybridized carbons (Fsp3) is 0.636. The van der Waals surface area contributed by atoms with Gasteiger partial charge in [-0.25, -0.2) is 4.79 Å². The summed E-state index contributed by atoms with van der Waals surface area (Å²) in [5.74, 6) is 0.163. The third-order valence-corrected chi connectivity index (χ3v) is 4.07. The molecule has 1 rings (SSSR count). The van der Waals surface area contributed by atoms with E-state index >= 15 is 0 Å². The van der Waals surface area contributed by atoms with Crippen molar-refractivity contribution >= 4 is 34.3 Å². The van der Waals surface area contributed by atoms with E-state index in [2.05, 4.69) is 16.2 Å². The van der Waals surface area contributed by atoms with Crippen LogP contribution in [0.15, 0.2) is 12.2 Å². The highest BCUT2D eigenvalue weighted by Gasteiger charge is 2.15. The maximum Gasteiger partial charge on any atom is 0.333 e. The van der Waals surface area contributed by atoms with Gasteiger partial charge in [-0.15, -0.1) is 0 Å². The predicted octanol–water partition coefficient (Wildman–Crippen LogP) is 2.22. The van der Waals surface area contributed by atoms with E-state index in [4.69, 9.17) is 12.2 Å². The second kappa shape index (κ2) is 6.91. The van der Waals surface area contributed by atoms with Crippen molar-refractivity contribution < 1.29 is 9.53 Å². The number of carbonyl (C=O) groups excluding carboxylic acids is 1. The number of carbonyl (C=O) groups is 1. The molecule has 5 heteroatoms. The molecule has 16 heavy (non-hydrogen) atoms. The molecule has 0 aromatic carbocycles. The molecule has 1 aliphatic rings. The number of methoxy groups -OCH3 is 1. The summed E-state index contributed by atoms with van der Waals surface area (Å²) in [5, 5.41) is 0. The van der Waals surface area contributed by atoms with Crippen LogP contribution in [0.3, 0.4) is 0 Å². The highest BCUT2D eigenvalue weighted by atomic mass is 32.2. The number of nitrogens with zero attached hydrogens (tertiary/aromatic N) is 1. The van der Waals surface area contributed by atoms with Crippen LogP contribution in [0.2, 0.25) is 0 Å². The number of thioether (sulfide) groups is 1. The lowest BCUT2D eigenvalue weighted by Gasteiger charge is -2.28. The number of ether oxygens (including phenoxy) is 1. The summed E-state index contributed by atoms with van der Waals surface area (Å²) in [7, 11) is 1.36. The Morgan fingerprint density at radius 2 is 2.06 bits per heavy atom. The monoisotopic (exact) mass is 259 g/mol. The zero-order chi connectivity index (χ0) is 12.0. The minimum atomic E-state index is -0.353. The molecule has 1 aliphatic heterocycles. The summed E-state index contributed by atoms with van der Waals surface area (Å²) in [5.41, 5.74) is 0.465. The molecular weight excluding hydrogens is 242 g/mol. The van der Waals surface area contributed by atoms with E-state index in [1.807, 2.05) is 0 Å². The molecule has 0 aliphatic carbocycles. The second-order valence-electron chi connectivity index (χ2n) is 3.70. The van der Waals surface area contributed by atoms with Gasteiger partial charge in [0, 0.05) is 24.4 Å². The first kappa shape index (κ1) is 13.5. The number of piperidine rings is 1. The summed E-state index contributed by atoms with van der Waals surface area (Å²) >= 11 is 6.80. The van der Waals surface area contributed by atoms with E-state index in [-0.39, 0.29) is 5.97 Å². The van der Waals surface area contributed by atoms with Gasteiger partial charge in [-0.05, 0) is 19.3 Å². The molecule has 0 unspecified atom stereocenters. The molecule has 0 atom stereocenters. The summed E-state index contributed by atoms with van der Waals surface area (Å²) < 4.78 is 5.45. The van der Waals surface area contributed by atoms with Crippen molar-refractivity contribution in [2.24, 2.45) is 0 Å². The van der Waals surface area contributed by atoms with Crippen LogP contribution in [0, 0.1) is 0 Å². The number of likely N-dealkylation sites (tertiary alicyclic amines) is 1. The normalized spacial score (nSPS) is 15.7. The molecule has 0 aromatic rings. The van der Waals surface area contributed by atoms with E-state index in [9.17, 15) is 4.79 Å². The van der Waals surface area contributed by atoms with Gasteiger partial charge in [0.15, 0.2) is 0 Å². The summed E-state index contributed by atoms with van der Waals surface area (Å²) in [6.45, 7) is 5.75. The Kier molecular flexibility index (Phi) is 5.84. The van der Waals surface area contributed by atoms with E-state index in [1.165, 1.54) is 38.1 Å². The maximum atomic E-state index is 11.1. The van der Waals surface area contributed by atoms with Crippen molar-refractivity contribution in [1.82, 2.24) is 4.90 Å². The first-order valence-corrected chi connectivity index (χ1v) is 6.72. The zero-order valence-corrected chi connectivity index (χ0v) is 11.2. The number of thiocarbonyl (C=S) groups is 1. The largest absolute Gasteiger partial charge is 0.466 e. The van der Waals surface area contributed by atoms with E-state index < -0.39 is 0 Å². The lowest BCUT2D eigenvalue weighted by molar-refractivity contribution is -0.135. The molecule has 0 bridgehead atoms. The third-order valence-electron chi connectivity index (χ3n) is 2.46. The second-order valence-corrected chi connectivity index (χ2v) is 5.31. The first-order valence-electron chi connectivity index (χ1n) is 5.33. The Hall–Kier alpha value is -0.550. The van der Waals surface area contributed by atoms with Crippen LogP contribution in [0.4, 0.5) is 0 Å². The van der Waals surface area contributed by atoms with Crippen LogP contribution in [0.1, 0.15) is 19.3 Å². The molecule has 0 aromatic heterocycles. The fourth-order valence-electron chi connectivity index (χ4n) is 1.52. The quantitative estimate of drug-likeness (QED) is 0.440. The van der Waals surface area contributed by atoms with Crippen molar-refractivity contribution in [1.29, 1.82) is 0 Å². The Morgan fingerprint density at radius 3 is 2.62 bits per heavy atom. The molecule has 0 spiro atoms. The standard InChI is InChI=1S/C11H17NO2S2/c1-9(10(13)14-2)8-16-11(15)12-6-4-3-5-7-12/h1,3-8H2,2H3. The van der Waals surface area contributed by atoms with Crippen molar-refractivity contribution in [3.05, 3.63) is 12.2 Å². The smallest absolute Gasteiger partial charge is 0.333 e. The summed E-state index contributed by atoms with van der Waals surface area (Å²) in [6, 6.07) is 0. The molecule has 1 saturated heterocycles. The lowest BCUT2D eigenvalue weighted by atomic mass is 10.1. The van der Waals surface area contributed by atoms with E-state index in [1.54, 1.807) is 0 Å². The van der Waals surface area contributed by atoms with Gasteiger partial charge >= 0.3 is 5.97 Å². The van der Waals surface area contributed by atoms with Gasteiger partial charge in [-0.3, -0.25) is 0 Å². The first-order chi connectivity index (χ1) is 7.65. The molecule has 1 fully saturated rings. The van der Waals surface area contributed by atoms with Crippen LogP contribution in [0.5, 0.6) is 0 Å². The minimum Gasteiger partial charge on any atom is -0.466 e. The Labute approximate surface area is 106 Å². The molecule has 0 amide bonds. The minimum absolute atomic E-state index is 0.353. The van der Waals surface area contributed by atoms with Gasteiger partial charge in [0.25, 0.3) is 0 Å². The van der Waals surface area contributed by atoms with Crippen molar-refractivity contribution in [2.75, 3.05) is 26.0 Å². The van der Waals surface area contributed by atoms with E-state index in [0.29, 0.717) is 11.3 Å².